The monoisotopic (exact) mass is 158 g/mol. The topological polar surface area (TPSA) is 38.9 Å². The van der Waals surface area contributed by atoms with Gasteiger partial charge in [-0.1, -0.05) is 25.6 Å². The molecule has 1 aromatic heterocycles. The molecule has 1 rings (SSSR count). The molecular formula is C6H10N2OS. The van der Waals surface area contributed by atoms with E-state index in [1.165, 1.54) is 11.8 Å². The molecule has 0 fully saturated rings. The van der Waals surface area contributed by atoms with Gasteiger partial charge in [0, 0.05) is 5.92 Å². The molecule has 0 spiro atoms. The van der Waals surface area contributed by atoms with E-state index in [0.29, 0.717) is 17.0 Å². The fourth-order valence-electron chi connectivity index (χ4n) is 0.536. The summed E-state index contributed by atoms with van der Waals surface area (Å²) in [5, 5.41) is 8.29. The molecule has 0 aliphatic heterocycles. The van der Waals surface area contributed by atoms with Crippen LogP contribution in [0.25, 0.3) is 0 Å². The fourth-order valence-corrected chi connectivity index (χ4v) is 0.827. The summed E-state index contributed by atoms with van der Waals surface area (Å²) < 4.78 is 5.23. The summed E-state index contributed by atoms with van der Waals surface area (Å²) in [4.78, 5) is 0. The highest BCUT2D eigenvalue weighted by atomic mass is 32.2. The number of hydrogen-bond acceptors (Lipinski definition) is 4. The van der Waals surface area contributed by atoms with Gasteiger partial charge >= 0.3 is 0 Å². The smallest absolute Gasteiger partial charge is 0.276 e. The highest BCUT2D eigenvalue weighted by Gasteiger charge is 2.07. The molecule has 0 aromatic carbocycles. The first-order chi connectivity index (χ1) is 4.74. The van der Waals surface area contributed by atoms with Gasteiger partial charge in [-0.3, -0.25) is 0 Å². The minimum atomic E-state index is 0.327. The number of aromatic nitrogens is 2. The van der Waals surface area contributed by atoms with Crippen LogP contribution in [0.5, 0.6) is 0 Å². The van der Waals surface area contributed by atoms with Crippen LogP contribution in [0.15, 0.2) is 9.64 Å². The van der Waals surface area contributed by atoms with E-state index in [-0.39, 0.29) is 0 Å². The summed E-state index contributed by atoms with van der Waals surface area (Å²) in [7, 11) is 0. The van der Waals surface area contributed by atoms with E-state index in [9.17, 15) is 0 Å². The zero-order valence-electron chi connectivity index (χ0n) is 6.29. The van der Waals surface area contributed by atoms with Crippen molar-refractivity contribution in [2.24, 2.45) is 0 Å². The molecule has 56 valence electrons. The van der Waals surface area contributed by atoms with Crippen LogP contribution in [0.3, 0.4) is 0 Å². The molecule has 0 saturated heterocycles. The normalized spacial score (nSPS) is 10.8. The summed E-state index contributed by atoms with van der Waals surface area (Å²) in [6.45, 7) is 4.05. The molecule has 0 saturated carbocycles. The molecule has 0 unspecified atom stereocenters. The number of rotatable bonds is 2. The maximum atomic E-state index is 5.23. The first-order valence-corrected chi connectivity index (χ1v) is 4.34. The zero-order valence-corrected chi connectivity index (χ0v) is 7.10. The maximum absolute atomic E-state index is 5.23. The standard InChI is InChI=1S/C6H10N2OS/c1-4(2)5-7-8-6(9-5)10-3/h4H,1-3H3. The Labute approximate surface area is 64.2 Å². The Kier molecular flexibility index (Phi) is 2.32. The second kappa shape index (κ2) is 3.05. The van der Waals surface area contributed by atoms with Crippen LogP contribution in [0.4, 0.5) is 0 Å². The Morgan fingerprint density at radius 1 is 1.40 bits per heavy atom. The van der Waals surface area contributed by atoms with Gasteiger partial charge in [-0.2, -0.15) is 0 Å². The van der Waals surface area contributed by atoms with E-state index in [1.807, 2.05) is 20.1 Å². The molecule has 0 N–H and O–H groups in total. The molecule has 0 aliphatic rings. The minimum Gasteiger partial charge on any atom is -0.416 e. The SMILES string of the molecule is CSc1nnc(C(C)C)o1. The van der Waals surface area contributed by atoms with Crippen molar-refractivity contribution in [1.29, 1.82) is 0 Å². The fraction of sp³-hybridized carbons (Fsp3) is 0.667. The summed E-state index contributed by atoms with van der Waals surface area (Å²) in [5.74, 6) is 1.04. The highest BCUT2D eigenvalue weighted by molar-refractivity contribution is 7.98. The average Bonchev–Trinajstić information content (AvgIpc) is 2.34. The van der Waals surface area contributed by atoms with Crippen LogP contribution in [0.1, 0.15) is 25.7 Å². The quantitative estimate of drug-likeness (QED) is 0.616. The number of nitrogens with zero attached hydrogens (tertiary/aromatic N) is 2. The van der Waals surface area contributed by atoms with Gasteiger partial charge in [0.15, 0.2) is 0 Å². The summed E-state index contributed by atoms with van der Waals surface area (Å²) >= 11 is 1.47. The Morgan fingerprint density at radius 3 is 2.40 bits per heavy atom. The number of hydrogen-bond donors (Lipinski definition) is 0. The van der Waals surface area contributed by atoms with Crippen LogP contribution in [0, 0.1) is 0 Å². The first kappa shape index (κ1) is 7.60. The van der Waals surface area contributed by atoms with E-state index < -0.39 is 0 Å². The van der Waals surface area contributed by atoms with Gasteiger partial charge in [0.25, 0.3) is 5.22 Å². The van der Waals surface area contributed by atoms with E-state index in [4.69, 9.17) is 4.42 Å². The molecule has 4 heteroatoms. The highest BCUT2D eigenvalue weighted by Crippen LogP contribution is 2.17. The van der Waals surface area contributed by atoms with Gasteiger partial charge in [-0.05, 0) is 6.26 Å². The lowest BCUT2D eigenvalue weighted by Gasteiger charge is -1.92. The molecule has 0 amide bonds. The lowest BCUT2D eigenvalue weighted by molar-refractivity contribution is 0.399. The van der Waals surface area contributed by atoms with Gasteiger partial charge in [0.1, 0.15) is 0 Å². The lowest BCUT2D eigenvalue weighted by atomic mass is 10.2. The number of thioether (sulfide) groups is 1. The molecule has 10 heavy (non-hydrogen) atoms. The molecule has 3 nitrogen and oxygen atoms in total. The van der Waals surface area contributed by atoms with Gasteiger partial charge < -0.3 is 4.42 Å². The minimum absolute atomic E-state index is 0.327. The van der Waals surface area contributed by atoms with Crippen molar-refractivity contribution in [3.63, 3.8) is 0 Å². The van der Waals surface area contributed by atoms with Crippen molar-refractivity contribution >= 4 is 11.8 Å². The predicted molar refractivity (Wildman–Crippen MR) is 40.2 cm³/mol. The molecule has 0 bridgehead atoms. The van der Waals surface area contributed by atoms with Crippen molar-refractivity contribution in [3.8, 4) is 0 Å². The van der Waals surface area contributed by atoms with E-state index in [0.717, 1.165) is 0 Å². The van der Waals surface area contributed by atoms with Gasteiger partial charge in [-0.15, -0.1) is 10.2 Å². The van der Waals surface area contributed by atoms with E-state index in [1.54, 1.807) is 0 Å². The second-order valence-corrected chi connectivity index (χ2v) is 3.02. The van der Waals surface area contributed by atoms with Crippen molar-refractivity contribution < 1.29 is 4.42 Å². The Morgan fingerprint density at radius 2 is 2.10 bits per heavy atom. The van der Waals surface area contributed by atoms with Gasteiger partial charge in [-0.25, -0.2) is 0 Å². The van der Waals surface area contributed by atoms with E-state index >= 15 is 0 Å². The van der Waals surface area contributed by atoms with Gasteiger partial charge in [0.2, 0.25) is 5.89 Å². The Balaban J connectivity index is 2.78. The second-order valence-electron chi connectivity index (χ2n) is 2.27. The summed E-state index contributed by atoms with van der Waals surface area (Å²) in [6.07, 6.45) is 1.91. The van der Waals surface area contributed by atoms with Gasteiger partial charge in [0.05, 0.1) is 0 Å². The third-order valence-corrected chi connectivity index (χ3v) is 1.60. The molecule has 1 heterocycles. The molecule has 0 aliphatic carbocycles. The molecule has 1 aromatic rings. The van der Waals surface area contributed by atoms with E-state index in [2.05, 4.69) is 10.2 Å². The van der Waals surface area contributed by atoms with Crippen molar-refractivity contribution in [2.75, 3.05) is 6.26 Å². The van der Waals surface area contributed by atoms with Crippen molar-refractivity contribution in [2.45, 2.75) is 25.0 Å². The molecule has 0 radical (unpaired) electrons. The maximum Gasteiger partial charge on any atom is 0.276 e. The Hall–Kier alpha value is -0.510. The lowest BCUT2D eigenvalue weighted by Crippen LogP contribution is -1.85. The molecule has 0 atom stereocenters. The van der Waals surface area contributed by atoms with Crippen LogP contribution in [-0.4, -0.2) is 16.5 Å². The van der Waals surface area contributed by atoms with Crippen LogP contribution in [-0.2, 0) is 0 Å². The van der Waals surface area contributed by atoms with Crippen molar-refractivity contribution in [1.82, 2.24) is 10.2 Å². The van der Waals surface area contributed by atoms with Crippen LogP contribution < -0.4 is 0 Å². The van der Waals surface area contributed by atoms with Crippen LogP contribution in [0.2, 0.25) is 0 Å². The largest absolute Gasteiger partial charge is 0.416 e. The van der Waals surface area contributed by atoms with Crippen molar-refractivity contribution in [3.05, 3.63) is 5.89 Å². The average molecular weight is 158 g/mol. The third-order valence-electron chi connectivity index (χ3n) is 1.09. The summed E-state index contributed by atoms with van der Waals surface area (Å²) in [5.41, 5.74) is 0. The van der Waals surface area contributed by atoms with Crippen LogP contribution >= 0.6 is 11.8 Å². The third kappa shape index (κ3) is 1.50. The predicted octanol–water partition coefficient (Wildman–Crippen LogP) is 1.91. The first-order valence-electron chi connectivity index (χ1n) is 3.11. The zero-order chi connectivity index (χ0) is 7.56. The summed E-state index contributed by atoms with van der Waals surface area (Å²) in [6, 6.07) is 0. The molecular weight excluding hydrogens is 148 g/mol. The Bertz CT molecular complexity index is 209.